The smallest absolute Gasteiger partial charge is 0.246 e. The third-order valence-corrected chi connectivity index (χ3v) is 6.13. The highest BCUT2D eigenvalue weighted by molar-refractivity contribution is 7.89. The first-order valence-corrected chi connectivity index (χ1v) is 7.97. The summed E-state index contributed by atoms with van der Waals surface area (Å²) in [5, 5.41) is 0. The Morgan fingerprint density at radius 3 is 2.42 bits per heavy atom. The molecule has 19 heavy (non-hydrogen) atoms. The molecular formula is C13H17FN2O2S. The van der Waals surface area contributed by atoms with Crippen molar-refractivity contribution in [3.8, 4) is 0 Å². The minimum atomic E-state index is -3.73. The monoisotopic (exact) mass is 284 g/mol. The summed E-state index contributed by atoms with van der Waals surface area (Å²) in [4.78, 5) is -0.262. The Balaban J connectivity index is 1.91. The highest BCUT2D eigenvalue weighted by Crippen LogP contribution is 2.40. The number of rotatable bonds is 2. The second kappa shape index (κ2) is 4.45. The van der Waals surface area contributed by atoms with Crippen LogP contribution >= 0.6 is 0 Å². The van der Waals surface area contributed by atoms with Crippen LogP contribution in [-0.4, -0.2) is 25.8 Å². The van der Waals surface area contributed by atoms with E-state index in [4.69, 9.17) is 5.73 Å². The van der Waals surface area contributed by atoms with E-state index in [9.17, 15) is 12.8 Å². The molecule has 1 aliphatic carbocycles. The number of benzene rings is 1. The van der Waals surface area contributed by atoms with Crippen LogP contribution in [0.4, 0.5) is 10.1 Å². The fourth-order valence-corrected chi connectivity index (χ4v) is 4.85. The van der Waals surface area contributed by atoms with E-state index in [2.05, 4.69) is 0 Å². The molecule has 2 atom stereocenters. The summed E-state index contributed by atoms with van der Waals surface area (Å²) in [6.45, 7) is 1.05. The van der Waals surface area contributed by atoms with E-state index in [0.717, 1.165) is 18.9 Å². The Hall–Kier alpha value is -1.14. The van der Waals surface area contributed by atoms with Gasteiger partial charge in [0, 0.05) is 18.8 Å². The number of halogens is 1. The predicted molar refractivity (Wildman–Crippen MR) is 70.4 cm³/mol. The molecule has 1 saturated carbocycles. The molecule has 0 spiro atoms. The van der Waals surface area contributed by atoms with Crippen LogP contribution < -0.4 is 5.73 Å². The summed E-state index contributed by atoms with van der Waals surface area (Å²) in [7, 11) is -3.73. The maximum Gasteiger partial charge on any atom is 0.246 e. The summed E-state index contributed by atoms with van der Waals surface area (Å²) < 4.78 is 40.1. The average Bonchev–Trinajstić information content (AvgIpc) is 2.87. The van der Waals surface area contributed by atoms with Gasteiger partial charge in [0.2, 0.25) is 10.0 Å². The normalized spacial score (nSPS) is 27.6. The first kappa shape index (κ1) is 12.9. The van der Waals surface area contributed by atoms with E-state index in [1.54, 1.807) is 0 Å². The third-order valence-electron chi connectivity index (χ3n) is 4.27. The molecule has 3 rings (SSSR count). The first-order chi connectivity index (χ1) is 8.98. The summed E-state index contributed by atoms with van der Waals surface area (Å²) in [5.74, 6) is 0.135. The van der Waals surface area contributed by atoms with E-state index in [-0.39, 0.29) is 10.6 Å². The summed E-state index contributed by atoms with van der Waals surface area (Å²) in [5.41, 5.74) is 5.68. The molecule has 2 aliphatic rings. The summed E-state index contributed by atoms with van der Waals surface area (Å²) in [6, 6.07) is 3.74. The Kier molecular flexibility index (Phi) is 3.02. The van der Waals surface area contributed by atoms with Crippen molar-refractivity contribution in [2.75, 3.05) is 18.8 Å². The zero-order chi connectivity index (χ0) is 13.6. The molecule has 1 aromatic carbocycles. The van der Waals surface area contributed by atoms with Gasteiger partial charge in [0.15, 0.2) is 0 Å². The van der Waals surface area contributed by atoms with Crippen molar-refractivity contribution in [2.24, 2.45) is 11.8 Å². The van der Waals surface area contributed by atoms with Gasteiger partial charge in [-0.2, -0.15) is 4.31 Å². The number of hydrogen-bond donors (Lipinski definition) is 1. The topological polar surface area (TPSA) is 63.4 Å². The van der Waals surface area contributed by atoms with Gasteiger partial charge in [-0.05, 0) is 42.9 Å². The van der Waals surface area contributed by atoms with Gasteiger partial charge >= 0.3 is 0 Å². The van der Waals surface area contributed by atoms with Gasteiger partial charge in [0.1, 0.15) is 10.7 Å². The first-order valence-electron chi connectivity index (χ1n) is 6.53. The largest absolute Gasteiger partial charge is 0.399 e. The lowest BCUT2D eigenvalue weighted by molar-refractivity contribution is 0.440. The predicted octanol–water partition coefficient (Wildman–Crippen LogP) is 1.83. The van der Waals surface area contributed by atoms with Crippen molar-refractivity contribution in [2.45, 2.75) is 24.2 Å². The molecule has 2 unspecified atom stereocenters. The molecule has 1 heterocycles. The third kappa shape index (κ3) is 2.12. The van der Waals surface area contributed by atoms with Gasteiger partial charge in [0.25, 0.3) is 0 Å². The molecule has 4 nitrogen and oxygen atoms in total. The SMILES string of the molecule is Nc1ccc(S(=O)(=O)N2CC3CCCC3C2)c(F)c1. The van der Waals surface area contributed by atoms with Crippen molar-refractivity contribution in [1.29, 1.82) is 0 Å². The van der Waals surface area contributed by atoms with Crippen LogP contribution in [0, 0.1) is 17.7 Å². The molecule has 0 amide bonds. The standard InChI is InChI=1S/C13H17FN2O2S/c14-12-6-11(15)4-5-13(12)19(17,18)16-7-9-2-1-3-10(9)8-16/h4-6,9-10H,1-3,7-8,15H2. The minimum Gasteiger partial charge on any atom is -0.399 e. The maximum absolute atomic E-state index is 13.8. The molecule has 1 saturated heterocycles. The van der Waals surface area contributed by atoms with E-state index < -0.39 is 15.8 Å². The van der Waals surface area contributed by atoms with Crippen molar-refractivity contribution < 1.29 is 12.8 Å². The van der Waals surface area contributed by atoms with Gasteiger partial charge in [-0.25, -0.2) is 12.8 Å². The van der Waals surface area contributed by atoms with Crippen molar-refractivity contribution in [1.82, 2.24) is 4.31 Å². The molecular weight excluding hydrogens is 267 g/mol. The number of sulfonamides is 1. The minimum absolute atomic E-state index is 0.231. The van der Waals surface area contributed by atoms with E-state index in [1.165, 1.54) is 22.9 Å². The molecule has 6 heteroatoms. The lowest BCUT2D eigenvalue weighted by Crippen LogP contribution is -2.30. The lowest BCUT2D eigenvalue weighted by Gasteiger charge is -2.17. The number of anilines is 1. The zero-order valence-corrected chi connectivity index (χ0v) is 11.4. The highest BCUT2D eigenvalue weighted by Gasteiger charge is 2.42. The molecule has 0 aromatic heterocycles. The second-order valence-corrected chi connectivity index (χ2v) is 7.37. The van der Waals surface area contributed by atoms with Crippen molar-refractivity contribution in [3.05, 3.63) is 24.0 Å². The summed E-state index contributed by atoms with van der Waals surface area (Å²) in [6.07, 6.45) is 3.35. The summed E-state index contributed by atoms with van der Waals surface area (Å²) >= 11 is 0. The number of hydrogen-bond acceptors (Lipinski definition) is 3. The fourth-order valence-electron chi connectivity index (χ4n) is 3.25. The molecule has 2 N–H and O–H groups in total. The Morgan fingerprint density at radius 1 is 1.21 bits per heavy atom. The second-order valence-electron chi connectivity index (χ2n) is 5.46. The van der Waals surface area contributed by atoms with Gasteiger partial charge in [-0.1, -0.05) is 6.42 Å². The van der Waals surface area contributed by atoms with Crippen LogP contribution in [0.1, 0.15) is 19.3 Å². The van der Waals surface area contributed by atoms with Crippen LogP contribution in [0.15, 0.2) is 23.1 Å². The Bertz CT molecular complexity index is 591. The molecule has 0 bridgehead atoms. The molecule has 2 fully saturated rings. The fraction of sp³-hybridized carbons (Fsp3) is 0.538. The van der Waals surface area contributed by atoms with Crippen LogP contribution in [0.2, 0.25) is 0 Å². The van der Waals surface area contributed by atoms with Crippen molar-refractivity contribution in [3.63, 3.8) is 0 Å². The van der Waals surface area contributed by atoms with E-state index >= 15 is 0 Å². The average molecular weight is 284 g/mol. The molecule has 0 radical (unpaired) electrons. The number of nitrogens with zero attached hydrogens (tertiary/aromatic N) is 1. The van der Waals surface area contributed by atoms with Crippen LogP contribution in [-0.2, 0) is 10.0 Å². The maximum atomic E-state index is 13.8. The lowest BCUT2D eigenvalue weighted by atomic mass is 10.0. The number of nitrogens with two attached hydrogens (primary N) is 1. The van der Waals surface area contributed by atoms with Gasteiger partial charge in [-0.3, -0.25) is 0 Å². The van der Waals surface area contributed by atoms with Gasteiger partial charge in [0.05, 0.1) is 0 Å². The Labute approximate surface area is 112 Å². The van der Waals surface area contributed by atoms with E-state index in [1.807, 2.05) is 0 Å². The van der Waals surface area contributed by atoms with E-state index in [0.29, 0.717) is 24.9 Å². The Morgan fingerprint density at radius 2 is 1.84 bits per heavy atom. The molecule has 104 valence electrons. The molecule has 1 aromatic rings. The quantitative estimate of drug-likeness (QED) is 0.843. The number of fused-ring (bicyclic) bond motifs is 1. The van der Waals surface area contributed by atoms with Gasteiger partial charge < -0.3 is 5.73 Å². The number of nitrogen functional groups attached to an aromatic ring is 1. The van der Waals surface area contributed by atoms with Crippen molar-refractivity contribution >= 4 is 15.7 Å². The molecule has 1 aliphatic heterocycles. The van der Waals surface area contributed by atoms with Crippen LogP contribution in [0.25, 0.3) is 0 Å². The van der Waals surface area contributed by atoms with Gasteiger partial charge in [-0.15, -0.1) is 0 Å². The zero-order valence-electron chi connectivity index (χ0n) is 10.5. The van der Waals surface area contributed by atoms with Crippen LogP contribution in [0.3, 0.4) is 0 Å². The highest BCUT2D eigenvalue weighted by atomic mass is 32.2. The van der Waals surface area contributed by atoms with Crippen LogP contribution in [0.5, 0.6) is 0 Å².